The van der Waals surface area contributed by atoms with Crippen molar-refractivity contribution in [2.24, 2.45) is 4.40 Å². The molecule has 0 saturated carbocycles. The number of ether oxygens (including phenoxy) is 1. The lowest BCUT2D eigenvalue weighted by molar-refractivity contribution is -0.253. The first-order valence-corrected chi connectivity index (χ1v) is 9.09. The van der Waals surface area contributed by atoms with Crippen LogP contribution in [0.2, 0.25) is 0 Å². The Morgan fingerprint density at radius 2 is 1.86 bits per heavy atom. The van der Waals surface area contributed by atoms with E-state index >= 15 is 0 Å². The zero-order valence-electron chi connectivity index (χ0n) is 15.1. The van der Waals surface area contributed by atoms with E-state index in [0.29, 0.717) is 6.07 Å². The van der Waals surface area contributed by atoms with Crippen LogP contribution >= 0.6 is 0 Å². The highest BCUT2D eigenvalue weighted by atomic mass is 32.2. The summed E-state index contributed by atoms with van der Waals surface area (Å²) in [5.74, 6) is -1.85. The third-order valence-electron chi connectivity index (χ3n) is 3.26. The molecule has 0 aliphatic heterocycles. The Kier molecular flexibility index (Phi) is 6.53. The molecular formula is C18H17F5N2O2S. The average Bonchev–Trinajstić information content (AvgIpc) is 2.58. The van der Waals surface area contributed by atoms with Crippen LogP contribution in [0.4, 0.5) is 22.0 Å². The lowest BCUT2D eigenvalue weighted by atomic mass is 10.1. The van der Waals surface area contributed by atoms with E-state index < -0.39 is 39.8 Å². The van der Waals surface area contributed by atoms with Gasteiger partial charge in [-0.3, -0.25) is 4.98 Å². The average molecular weight is 420 g/mol. The number of aromatic nitrogens is 1. The van der Waals surface area contributed by atoms with Gasteiger partial charge in [-0.05, 0) is 45.0 Å². The molecule has 0 radical (unpaired) electrons. The van der Waals surface area contributed by atoms with Crippen LogP contribution in [-0.2, 0) is 11.0 Å². The molecule has 28 heavy (non-hydrogen) atoms. The number of nitrogens with zero attached hydrogens (tertiary/aromatic N) is 2. The lowest BCUT2D eigenvalue weighted by Gasteiger charge is -2.18. The number of rotatable bonds is 6. The highest BCUT2D eigenvalue weighted by molar-refractivity contribution is 7.85. The molecule has 2 aromatic rings. The van der Waals surface area contributed by atoms with Crippen LogP contribution < -0.4 is 4.74 Å². The number of alkyl halides is 4. The zero-order valence-corrected chi connectivity index (χ0v) is 15.9. The highest BCUT2D eigenvalue weighted by Gasteiger charge is 2.44. The molecule has 1 atom stereocenters. The first-order chi connectivity index (χ1) is 12.9. The minimum atomic E-state index is -4.80. The molecule has 10 heteroatoms. The second-order valence-electron chi connectivity index (χ2n) is 6.66. The first-order valence-electron chi connectivity index (χ1n) is 7.98. The fourth-order valence-corrected chi connectivity index (χ4v) is 2.57. The van der Waals surface area contributed by atoms with Crippen LogP contribution in [-0.4, -0.2) is 32.2 Å². The molecule has 0 aliphatic carbocycles. The number of pyridine rings is 1. The maximum atomic E-state index is 14.0. The molecule has 0 fully saturated rings. The lowest BCUT2D eigenvalue weighted by Crippen LogP contribution is -2.33. The molecule has 4 nitrogen and oxygen atoms in total. The molecule has 0 unspecified atom stereocenters. The summed E-state index contributed by atoms with van der Waals surface area (Å²) in [7, 11) is -1.79. The van der Waals surface area contributed by atoms with Gasteiger partial charge in [0.25, 0.3) is 0 Å². The smallest absolute Gasteiger partial charge is 0.428 e. The van der Waals surface area contributed by atoms with E-state index in [9.17, 15) is 26.2 Å². The van der Waals surface area contributed by atoms with Crippen LogP contribution in [0.1, 0.15) is 32.0 Å². The largest absolute Gasteiger partial charge is 0.461 e. The summed E-state index contributed by atoms with van der Waals surface area (Å²) >= 11 is 0. The Bertz CT molecular complexity index is 883. The van der Waals surface area contributed by atoms with Crippen molar-refractivity contribution < 1.29 is 30.9 Å². The molecule has 0 spiro atoms. The molecule has 0 saturated heterocycles. The Labute approximate surface area is 161 Å². The second kappa shape index (κ2) is 8.34. The minimum Gasteiger partial charge on any atom is -0.428 e. The van der Waals surface area contributed by atoms with Crippen molar-refractivity contribution in [3.05, 3.63) is 59.7 Å². The Balaban J connectivity index is 2.58. The van der Waals surface area contributed by atoms with Crippen LogP contribution in [0.5, 0.6) is 5.75 Å². The maximum absolute atomic E-state index is 14.0. The van der Waals surface area contributed by atoms with E-state index in [1.54, 1.807) is 32.9 Å². The molecule has 1 aromatic heterocycles. The fraction of sp³-hybridized carbons (Fsp3) is 0.333. The van der Waals surface area contributed by atoms with Crippen molar-refractivity contribution in [2.75, 3.05) is 0 Å². The van der Waals surface area contributed by atoms with Gasteiger partial charge < -0.3 is 4.74 Å². The van der Waals surface area contributed by atoms with E-state index in [4.69, 9.17) is 0 Å². The van der Waals surface area contributed by atoms with Crippen molar-refractivity contribution in [3.63, 3.8) is 0 Å². The summed E-state index contributed by atoms with van der Waals surface area (Å²) < 4.78 is 84.9. The van der Waals surface area contributed by atoms with Gasteiger partial charge in [0, 0.05) is 17.8 Å². The van der Waals surface area contributed by atoms with Crippen molar-refractivity contribution in [1.29, 1.82) is 0 Å². The molecule has 0 aliphatic rings. The first kappa shape index (κ1) is 21.9. The van der Waals surface area contributed by atoms with Gasteiger partial charge in [-0.2, -0.15) is 22.0 Å². The SMILES string of the molecule is CC(C)(C)[S@@](=O)N=C(c1cc(F)cc(OC(F)(F)C(F)F)c1)c1ccccn1. The van der Waals surface area contributed by atoms with Crippen molar-refractivity contribution in [1.82, 2.24) is 4.98 Å². The van der Waals surface area contributed by atoms with Crippen molar-refractivity contribution in [2.45, 2.75) is 38.1 Å². The summed E-state index contributed by atoms with van der Waals surface area (Å²) in [5.41, 5.74) is 0.0345. The summed E-state index contributed by atoms with van der Waals surface area (Å²) in [6, 6.07) is 7.08. The summed E-state index contributed by atoms with van der Waals surface area (Å²) in [6.07, 6.45) is -7.50. The van der Waals surface area contributed by atoms with Gasteiger partial charge in [-0.25, -0.2) is 8.60 Å². The quantitative estimate of drug-likeness (QED) is 0.500. The fourth-order valence-electron chi connectivity index (χ4n) is 1.93. The molecule has 2 rings (SSSR count). The third-order valence-corrected chi connectivity index (χ3v) is 4.65. The predicted molar refractivity (Wildman–Crippen MR) is 95.8 cm³/mol. The minimum absolute atomic E-state index is 0.0569. The van der Waals surface area contributed by atoms with Gasteiger partial charge in [0.1, 0.15) is 28.3 Å². The normalized spacial score (nSPS) is 14.2. The van der Waals surface area contributed by atoms with E-state index in [0.717, 1.165) is 12.1 Å². The van der Waals surface area contributed by atoms with Gasteiger partial charge in [-0.15, -0.1) is 0 Å². The molecular weight excluding hydrogens is 403 g/mol. The third kappa shape index (κ3) is 5.57. The number of hydrogen-bond donors (Lipinski definition) is 0. The summed E-state index contributed by atoms with van der Waals surface area (Å²) in [4.78, 5) is 4.06. The van der Waals surface area contributed by atoms with Crippen LogP contribution in [0.15, 0.2) is 47.0 Å². The maximum Gasteiger partial charge on any atom is 0.461 e. The topological polar surface area (TPSA) is 51.5 Å². The molecule has 0 amide bonds. The molecule has 0 N–H and O–H groups in total. The second-order valence-corrected chi connectivity index (χ2v) is 8.56. The van der Waals surface area contributed by atoms with E-state index in [2.05, 4.69) is 14.1 Å². The van der Waals surface area contributed by atoms with Crippen LogP contribution in [0.25, 0.3) is 0 Å². The van der Waals surface area contributed by atoms with Crippen LogP contribution in [0.3, 0.4) is 0 Å². The standard InChI is InChI=1S/C18H17F5N2O2S/c1-17(2,3)28(26)25-15(14-6-4-5-7-24-14)11-8-12(19)10-13(9-11)27-18(22,23)16(20)21/h4-10,16H,1-3H3/t28-/m1/s1. The Morgan fingerprint density at radius 3 is 2.39 bits per heavy atom. The van der Waals surface area contributed by atoms with Gasteiger partial charge in [-0.1, -0.05) is 6.07 Å². The van der Waals surface area contributed by atoms with E-state index in [-0.39, 0.29) is 17.0 Å². The number of hydrogen-bond acceptors (Lipinski definition) is 3. The Hall–Kier alpha value is -2.36. The van der Waals surface area contributed by atoms with Gasteiger partial charge >= 0.3 is 12.5 Å². The molecule has 0 bridgehead atoms. The molecule has 1 heterocycles. The summed E-state index contributed by atoms with van der Waals surface area (Å²) in [5, 5.41) is 0. The van der Waals surface area contributed by atoms with Crippen molar-refractivity contribution >= 4 is 16.7 Å². The van der Waals surface area contributed by atoms with E-state index in [1.807, 2.05) is 0 Å². The van der Waals surface area contributed by atoms with Gasteiger partial charge in [0.15, 0.2) is 0 Å². The number of benzene rings is 1. The summed E-state index contributed by atoms with van der Waals surface area (Å²) in [6.45, 7) is 4.98. The Morgan fingerprint density at radius 1 is 1.18 bits per heavy atom. The van der Waals surface area contributed by atoms with E-state index in [1.165, 1.54) is 12.3 Å². The van der Waals surface area contributed by atoms with Gasteiger partial charge in [0.2, 0.25) is 0 Å². The van der Waals surface area contributed by atoms with Gasteiger partial charge in [0.05, 0.1) is 10.4 Å². The van der Waals surface area contributed by atoms with Crippen molar-refractivity contribution in [3.8, 4) is 5.75 Å². The van der Waals surface area contributed by atoms with Crippen LogP contribution in [0, 0.1) is 5.82 Å². The zero-order chi connectivity index (χ0) is 21.1. The monoisotopic (exact) mass is 420 g/mol. The predicted octanol–water partition coefficient (Wildman–Crippen LogP) is 4.76. The molecule has 152 valence electrons. The highest BCUT2D eigenvalue weighted by Crippen LogP contribution is 2.29. The molecule has 1 aromatic carbocycles. The number of halogens is 5.